The van der Waals surface area contributed by atoms with Crippen molar-refractivity contribution in [2.45, 2.75) is 69.1 Å². The van der Waals surface area contributed by atoms with Gasteiger partial charge in [0.25, 0.3) is 5.56 Å². The number of fused-ring (bicyclic) bond motifs is 7. The molecule has 6 rings (SSSR count). The summed E-state index contributed by atoms with van der Waals surface area (Å²) in [7, 11) is 0. The molecule has 0 bridgehead atoms. The third-order valence-corrected chi connectivity index (χ3v) is 8.71. The fourth-order valence-electron chi connectivity index (χ4n) is 6.70. The van der Waals surface area contributed by atoms with E-state index in [0.29, 0.717) is 22.2 Å². The predicted octanol–water partition coefficient (Wildman–Crippen LogP) is 6.78. The molecular formula is C27H28ClFN2O2. The molecule has 0 unspecified atom stereocenters. The summed E-state index contributed by atoms with van der Waals surface area (Å²) in [6, 6.07) is 12.6. The predicted molar refractivity (Wildman–Crippen MR) is 128 cm³/mol. The Kier molecular flexibility index (Phi) is 5.30. The zero-order valence-corrected chi connectivity index (χ0v) is 19.4. The summed E-state index contributed by atoms with van der Waals surface area (Å²) in [6.07, 6.45) is 9.61. The highest BCUT2D eigenvalue weighted by Crippen LogP contribution is 2.52. The molecule has 3 aromatic rings. The highest BCUT2D eigenvalue weighted by Gasteiger charge is 2.46. The van der Waals surface area contributed by atoms with Gasteiger partial charge in [-0.25, -0.2) is 0 Å². The Hall–Kier alpha value is -2.24. The van der Waals surface area contributed by atoms with Crippen LogP contribution in [0.4, 0.5) is 4.53 Å². The van der Waals surface area contributed by atoms with Gasteiger partial charge >= 0.3 is 0 Å². The van der Waals surface area contributed by atoms with Gasteiger partial charge in [0.15, 0.2) is 0 Å². The Labute approximate surface area is 197 Å². The van der Waals surface area contributed by atoms with E-state index in [1.807, 2.05) is 12.1 Å². The summed E-state index contributed by atoms with van der Waals surface area (Å²) in [6.45, 7) is 0.207. The van der Waals surface area contributed by atoms with E-state index >= 15 is 0 Å². The molecule has 172 valence electrons. The van der Waals surface area contributed by atoms with Crippen molar-refractivity contribution < 1.29 is 9.47 Å². The van der Waals surface area contributed by atoms with Crippen LogP contribution in [0.25, 0.3) is 16.6 Å². The minimum absolute atomic E-state index is 0.197. The Balaban J connectivity index is 1.52. The van der Waals surface area contributed by atoms with Crippen LogP contribution < -0.4 is 5.56 Å². The van der Waals surface area contributed by atoms with E-state index in [1.165, 1.54) is 17.5 Å². The van der Waals surface area contributed by atoms with Crippen molar-refractivity contribution in [2.75, 3.05) is 6.61 Å². The topological polar surface area (TPSA) is 44.1 Å². The van der Waals surface area contributed by atoms with Gasteiger partial charge < -0.3 is 0 Å². The maximum absolute atomic E-state index is 13.1. The molecule has 6 heteroatoms. The standard InChI is InChI=1S/C27H28ClFN2O2/c28-21-5-4-6-22-24(21)25(32)30-26-27(13-2-1-3-14-27)20-12-11-19(15-23(20)31(22)26)18-9-7-17(8-10-18)16-33-29/h4-6,11-12,15,17-18H,1-3,7-10,13-14,16H2. The van der Waals surface area contributed by atoms with Crippen molar-refractivity contribution >= 4 is 22.5 Å². The first-order chi connectivity index (χ1) is 16.1. The maximum Gasteiger partial charge on any atom is 0.282 e. The molecule has 0 amide bonds. The van der Waals surface area contributed by atoms with Crippen LogP contribution in [-0.2, 0) is 10.4 Å². The van der Waals surface area contributed by atoms with E-state index in [4.69, 9.17) is 11.6 Å². The van der Waals surface area contributed by atoms with Gasteiger partial charge in [-0.1, -0.05) is 49.1 Å². The fourth-order valence-corrected chi connectivity index (χ4v) is 6.95. The van der Waals surface area contributed by atoms with Crippen LogP contribution in [0.15, 0.2) is 41.2 Å². The average molecular weight is 467 g/mol. The monoisotopic (exact) mass is 466 g/mol. The van der Waals surface area contributed by atoms with Gasteiger partial charge in [0.05, 0.1) is 33.6 Å². The molecular weight excluding hydrogens is 439 g/mol. The normalized spacial score (nSPS) is 23.6. The molecule has 0 N–H and O–H groups in total. The fraction of sp³-hybridized carbons (Fsp3) is 0.481. The van der Waals surface area contributed by atoms with Crippen molar-refractivity contribution in [1.29, 1.82) is 0 Å². The number of hydrogen-bond acceptors (Lipinski definition) is 3. The van der Waals surface area contributed by atoms with Crippen LogP contribution in [0.1, 0.15) is 80.7 Å². The zero-order valence-electron chi connectivity index (χ0n) is 18.7. The lowest BCUT2D eigenvalue weighted by Crippen LogP contribution is -2.32. The minimum atomic E-state index is -0.228. The van der Waals surface area contributed by atoms with Crippen LogP contribution in [0.2, 0.25) is 5.02 Å². The summed E-state index contributed by atoms with van der Waals surface area (Å²) in [5.74, 6) is 1.66. The largest absolute Gasteiger partial charge is 0.296 e. The summed E-state index contributed by atoms with van der Waals surface area (Å²) >= 11 is 6.47. The second-order valence-electron chi connectivity index (χ2n) is 10.1. The van der Waals surface area contributed by atoms with Crippen molar-refractivity contribution in [1.82, 2.24) is 9.55 Å². The quantitative estimate of drug-likeness (QED) is 0.427. The van der Waals surface area contributed by atoms with E-state index in [9.17, 15) is 9.32 Å². The molecule has 1 aromatic heterocycles. The molecule has 1 aliphatic heterocycles. The lowest BCUT2D eigenvalue weighted by molar-refractivity contribution is -0.148. The van der Waals surface area contributed by atoms with Crippen molar-refractivity contribution in [2.24, 2.45) is 5.92 Å². The molecule has 1 spiro atoms. The molecule has 3 aliphatic rings. The molecule has 2 saturated carbocycles. The maximum atomic E-state index is 13.1. The van der Waals surface area contributed by atoms with Gasteiger partial charge in [-0.2, -0.15) is 9.93 Å². The Morgan fingerprint density at radius 1 is 1.09 bits per heavy atom. The smallest absolute Gasteiger partial charge is 0.282 e. The van der Waals surface area contributed by atoms with E-state index in [2.05, 4.69) is 32.7 Å². The second kappa shape index (κ2) is 8.21. The molecule has 0 radical (unpaired) electrons. The van der Waals surface area contributed by atoms with E-state index in [1.54, 1.807) is 6.07 Å². The summed E-state index contributed by atoms with van der Waals surface area (Å²) < 4.78 is 14.5. The number of rotatable bonds is 3. The number of benzene rings is 2. The van der Waals surface area contributed by atoms with E-state index in [-0.39, 0.29) is 17.6 Å². The van der Waals surface area contributed by atoms with Crippen LogP contribution in [0.3, 0.4) is 0 Å². The van der Waals surface area contributed by atoms with Gasteiger partial charge in [0.1, 0.15) is 5.82 Å². The molecule has 0 saturated heterocycles. The minimum Gasteiger partial charge on any atom is -0.296 e. The molecule has 2 aromatic carbocycles. The Bertz CT molecular complexity index is 1270. The molecule has 4 nitrogen and oxygen atoms in total. The van der Waals surface area contributed by atoms with Crippen LogP contribution in [-0.4, -0.2) is 16.2 Å². The van der Waals surface area contributed by atoms with Crippen molar-refractivity contribution in [3.63, 3.8) is 0 Å². The molecule has 33 heavy (non-hydrogen) atoms. The number of hydrogen-bond donors (Lipinski definition) is 0. The Morgan fingerprint density at radius 3 is 2.64 bits per heavy atom. The first-order valence-electron chi connectivity index (χ1n) is 12.2. The van der Waals surface area contributed by atoms with Crippen molar-refractivity contribution in [3.8, 4) is 5.69 Å². The van der Waals surface area contributed by atoms with Crippen LogP contribution >= 0.6 is 11.6 Å². The van der Waals surface area contributed by atoms with Gasteiger partial charge in [-0.05, 0) is 84.2 Å². The van der Waals surface area contributed by atoms with Gasteiger partial charge in [-0.15, -0.1) is 0 Å². The summed E-state index contributed by atoms with van der Waals surface area (Å²) in [5, 5.41) is 0.954. The third-order valence-electron chi connectivity index (χ3n) is 8.40. The first kappa shape index (κ1) is 21.3. The van der Waals surface area contributed by atoms with E-state index < -0.39 is 0 Å². The molecule has 0 atom stereocenters. The van der Waals surface area contributed by atoms with Gasteiger partial charge in [0.2, 0.25) is 0 Å². The summed E-state index contributed by atoms with van der Waals surface area (Å²) in [4.78, 5) is 21.7. The molecule has 2 aliphatic carbocycles. The molecule has 2 heterocycles. The van der Waals surface area contributed by atoms with Gasteiger partial charge in [-0.3, -0.25) is 9.36 Å². The average Bonchev–Trinajstić information content (AvgIpc) is 3.09. The number of aromatic nitrogens is 2. The second-order valence-corrected chi connectivity index (χ2v) is 10.5. The Morgan fingerprint density at radius 2 is 1.88 bits per heavy atom. The van der Waals surface area contributed by atoms with Gasteiger partial charge in [0, 0.05) is 0 Å². The highest BCUT2D eigenvalue weighted by atomic mass is 35.5. The number of halogens is 2. The lowest BCUT2D eigenvalue weighted by Gasteiger charge is -2.33. The first-order valence-corrected chi connectivity index (χ1v) is 12.6. The van der Waals surface area contributed by atoms with Crippen LogP contribution in [0, 0.1) is 5.92 Å². The SMILES string of the molecule is O=c1nc2n(c3cccc(Cl)c13)-c1cc(C3CCC(COF)CC3)ccc1C21CCCCC1. The zero-order chi connectivity index (χ0) is 22.6. The van der Waals surface area contributed by atoms with Crippen LogP contribution in [0.5, 0.6) is 0 Å². The lowest BCUT2D eigenvalue weighted by atomic mass is 9.69. The highest BCUT2D eigenvalue weighted by molar-refractivity contribution is 6.35. The third kappa shape index (κ3) is 3.27. The molecule has 2 fully saturated rings. The van der Waals surface area contributed by atoms with E-state index in [0.717, 1.165) is 68.4 Å². The van der Waals surface area contributed by atoms with Crippen molar-refractivity contribution in [3.05, 3.63) is 68.7 Å². The summed E-state index contributed by atoms with van der Waals surface area (Å²) in [5.41, 5.74) is 4.19. The number of nitrogens with zero attached hydrogens (tertiary/aromatic N) is 2.